The number of nitrogens with zero attached hydrogens (tertiary/aromatic N) is 10. The number of aromatic nitrogens is 11. The maximum atomic E-state index is 12.6. The van der Waals surface area contributed by atoms with Gasteiger partial charge in [0.05, 0.1) is 102 Å². The minimum atomic E-state index is -0.415. The molecule has 3 aliphatic rings. The van der Waals surface area contributed by atoms with Crippen molar-refractivity contribution in [1.82, 2.24) is 70.4 Å². The molecule has 14 rings (SSSR count). The van der Waals surface area contributed by atoms with E-state index in [0.29, 0.717) is 98.4 Å². The number of aromatic amines is 2. The highest BCUT2D eigenvalue weighted by Gasteiger charge is 2.38. The molecule has 0 spiro atoms. The third-order valence-electron chi connectivity index (χ3n) is 13.4. The Hall–Kier alpha value is -11.0. The fraction of sp³-hybridized carbons (Fsp3) is 0.136. The minimum Gasteiger partial charge on any atom is -0.497 e. The van der Waals surface area contributed by atoms with E-state index in [1.165, 1.54) is 41.4 Å². The number of hydrogen-bond donors (Lipinski definition) is 6. The molecule has 25 heteroatoms. The van der Waals surface area contributed by atoms with Crippen LogP contribution in [0.25, 0.3) is 33.1 Å². The molecular weight excluding hydrogens is 1100 g/mol. The predicted octanol–water partition coefficient (Wildman–Crippen LogP) is 6.18. The van der Waals surface area contributed by atoms with Crippen molar-refractivity contribution in [3.63, 3.8) is 0 Å². The van der Waals surface area contributed by atoms with Crippen LogP contribution in [-0.2, 0) is 25.9 Å². The monoisotopic (exact) mass is 1150 g/mol. The van der Waals surface area contributed by atoms with Gasteiger partial charge in [-0.3, -0.25) is 54.5 Å². The molecule has 7 N–H and O–H groups in total. The number of aliphatic hydroxyl groups is 1. The number of nitrogens with one attached hydrogen (secondary N) is 4. The lowest BCUT2D eigenvalue weighted by Crippen LogP contribution is -2.31. The third kappa shape index (κ3) is 12.5. The number of hydrogen-bond acceptors (Lipinski definition) is 17. The van der Waals surface area contributed by atoms with Crippen molar-refractivity contribution >= 4 is 86.8 Å². The molecule has 0 unspecified atom stereocenters. The van der Waals surface area contributed by atoms with Crippen LogP contribution >= 0.6 is 12.4 Å². The molecule has 10 heterocycles. The van der Waals surface area contributed by atoms with Gasteiger partial charge in [0.1, 0.15) is 17.3 Å². The van der Waals surface area contributed by atoms with Gasteiger partial charge < -0.3 is 20.3 Å². The number of methoxy groups -OCH3 is 2. The summed E-state index contributed by atoms with van der Waals surface area (Å²) in [7, 11) is 3.27. The SMILES string of the molecule is COc1ccc(Cn2ncc3c4c(cnc32)C(=O)NC4=O)cc1.COc1ccc(Cn2nccc2N)cc1.Cl.O=C1NC(=O)c2c1cnc1[nH]ncc21.O=C1c2cnc3[nH]ncc3c2C(=O)N1CCc1ccccc1.OCCc1ccccc1. The molecule has 11 aromatic rings. The summed E-state index contributed by atoms with van der Waals surface area (Å²) in [4.78, 5) is 84.9. The molecule has 0 aliphatic carbocycles. The second-order valence-electron chi connectivity index (χ2n) is 18.6. The summed E-state index contributed by atoms with van der Waals surface area (Å²) < 4.78 is 13.7. The van der Waals surface area contributed by atoms with Crippen LogP contribution in [-0.4, -0.2) is 128 Å². The van der Waals surface area contributed by atoms with Crippen molar-refractivity contribution < 1.29 is 43.3 Å². The number of nitrogens with two attached hydrogens (primary N) is 1. The molecule has 24 nitrogen and oxygen atoms in total. The van der Waals surface area contributed by atoms with Crippen LogP contribution in [0.1, 0.15) is 84.4 Å². The number of fused-ring (bicyclic) bond motifs is 9. The quantitative estimate of drug-likeness (QED) is 0.0788. The van der Waals surface area contributed by atoms with E-state index in [4.69, 9.17) is 20.3 Å². The van der Waals surface area contributed by atoms with Crippen LogP contribution in [0.3, 0.4) is 0 Å². The van der Waals surface area contributed by atoms with Gasteiger partial charge in [0.25, 0.3) is 35.4 Å². The standard InChI is InChI=1S/C16H12N4O3.C16H12N4O2.C11H13N3O.C8H4N4O2.C8H10O.ClH/c1-23-10-4-2-9(3-5-10)8-20-14-11(7-18-20)13-12(6-17-14)15(21)19-16(13)22;21-15-12-8-17-14-11(9-18-19-14)13(12)16(22)20(15)7-6-10-4-2-1-3-5-10;1-15-10-4-2-9(3-5-10)8-14-11(12)6-7-13-14;13-7-4-1-9-6-3(2-10-12-6)5(4)8(14)11-7;9-7-6-8-4-2-1-3-5-8;/h2-7H,8H2,1H3,(H,19,21,22);1-5,8-9H,6-7H2,(H,17,18,19);2-7H,8,12H2,1H3;1-2H,(H,9,10,12)(H,11,13,14);1-5,9H,6-7H2;1H. The number of imide groups is 3. The van der Waals surface area contributed by atoms with Crippen molar-refractivity contribution in [2.45, 2.75) is 25.9 Å². The molecule has 0 saturated carbocycles. The van der Waals surface area contributed by atoms with Gasteiger partial charge in [-0.2, -0.15) is 20.4 Å². The van der Waals surface area contributed by atoms with Crippen molar-refractivity contribution in [3.05, 3.63) is 214 Å². The Kier molecular flexibility index (Phi) is 17.9. The first kappa shape index (κ1) is 57.7. The molecule has 0 fully saturated rings. The average molecular weight is 1150 g/mol. The highest BCUT2D eigenvalue weighted by Crippen LogP contribution is 2.29. The summed E-state index contributed by atoms with van der Waals surface area (Å²) in [6.45, 7) is 1.79. The minimum absolute atomic E-state index is 0. The number of amides is 6. The molecular formula is C59H52ClN15O9. The second-order valence-corrected chi connectivity index (χ2v) is 18.6. The zero-order valence-corrected chi connectivity index (χ0v) is 45.7. The predicted molar refractivity (Wildman–Crippen MR) is 310 cm³/mol. The molecule has 84 heavy (non-hydrogen) atoms. The number of benzene rings is 4. The molecule has 0 bridgehead atoms. The van der Waals surface area contributed by atoms with Crippen LogP contribution < -0.4 is 25.8 Å². The Balaban J connectivity index is 0.000000130. The number of anilines is 1. The van der Waals surface area contributed by atoms with Gasteiger partial charge in [0.15, 0.2) is 16.9 Å². The summed E-state index contributed by atoms with van der Waals surface area (Å²) in [6, 6.07) is 37.0. The topological polar surface area (TPSA) is 326 Å². The number of H-pyrrole nitrogens is 2. The highest BCUT2D eigenvalue weighted by atomic mass is 35.5. The van der Waals surface area contributed by atoms with Gasteiger partial charge in [0.2, 0.25) is 0 Å². The number of pyridine rings is 3. The van der Waals surface area contributed by atoms with Crippen LogP contribution in [0, 0.1) is 0 Å². The second kappa shape index (κ2) is 26.1. The maximum Gasteiger partial charge on any atom is 0.263 e. The van der Waals surface area contributed by atoms with Gasteiger partial charge in [-0.05, 0) is 65.4 Å². The third-order valence-corrected chi connectivity index (χ3v) is 13.4. The zero-order chi connectivity index (χ0) is 58.0. The highest BCUT2D eigenvalue weighted by molar-refractivity contribution is 6.27. The number of aliphatic hydroxyl groups excluding tert-OH is 1. The van der Waals surface area contributed by atoms with Gasteiger partial charge >= 0.3 is 0 Å². The molecule has 3 aliphatic heterocycles. The maximum absolute atomic E-state index is 12.6. The van der Waals surface area contributed by atoms with Crippen molar-refractivity contribution in [2.75, 3.05) is 33.1 Å². The van der Waals surface area contributed by atoms with Gasteiger partial charge in [-0.1, -0.05) is 84.9 Å². The fourth-order valence-corrected chi connectivity index (χ4v) is 9.15. The van der Waals surface area contributed by atoms with E-state index in [-0.39, 0.29) is 36.7 Å². The number of carbonyl (C=O) groups is 6. The van der Waals surface area contributed by atoms with E-state index in [1.54, 1.807) is 42.0 Å². The van der Waals surface area contributed by atoms with Gasteiger partial charge in [-0.25, -0.2) is 24.3 Å². The molecule has 0 atom stereocenters. The molecule has 424 valence electrons. The van der Waals surface area contributed by atoms with E-state index in [2.05, 4.69) is 56.2 Å². The van der Waals surface area contributed by atoms with E-state index in [1.807, 2.05) is 109 Å². The number of halogens is 1. The van der Waals surface area contributed by atoms with Crippen molar-refractivity contribution in [3.8, 4) is 11.5 Å². The van der Waals surface area contributed by atoms with Crippen LogP contribution in [0.15, 0.2) is 159 Å². The lowest BCUT2D eigenvalue weighted by molar-refractivity contribution is 0.0654. The normalized spacial score (nSPS) is 12.5. The van der Waals surface area contributed by atoms with Crippen LogP contribution in [0.2, 0.25) is 0 Å². The summed E-state index contributed by atoms with van der Waals surface area (Å²) >= 11 is 0. The molecule has 6 amide bonds. The molecule has 0 radical (unpaired) electrons. The molecule has 4 aromatic carbocycles. The molecule has 7 aromatic heterocycles. The lowest BCUT2D eigenvalue weighted by Gasteiger charge is -2.13. The number of rotatable bonds is 11. The lowest BCUT2D eigenvalue weighted by atomic mass is 10.1. The van der Waals surface area contributed by atoms with E-state index < -0.39 is 17.7 Å². The first-order chi connectivity index (χ1) is 40.4. The Morgan fingerprint density at radius 2 is 1.00 bits per heavy atom. The average Bonchev–Trinajstić information content (AvgIpc) is 2.63. The van der Waals surface area contributed by atoms with Crippen molar-refractivity contribution in [2.24, 2.45) is 0 Å². The van der Waals surface area contributed by atoms with E-state index in [9.17, 15) is 28.8 Å². The Labute approximate surface area is 483 Å². The van der Waals surface area contributed by atoms with E-state index in [0.717, 1.165) is 34.6 Å². The summed E-state index contributed by atoms with van der Waals surface area (Å²) in [5.41, 5.74) is 13.8. The number of carbonyl (C=O) groups excluding carboxylic acids is 6. The van der Waals surface area contributed by atoms with Crippen LogP contribution in [0.5, 0.6) is 11.5 Å². The summed E-state index contributed by atoms with van der Waals surface area (Å²) in [5, 5.41) is 36.2. The fourth-order valence-electron chi connectivity index (χ4n) is 9.15. The van der Waals surface area contributed by atoms with Crippen LogP contribution in [0.4, 0.5) is 5.82 Å². The molecule has 0 saturated heterocycles. The summed E-state index contributed by atoms with van der Waals surface area (Å²) in [6.07, 6.45) is 11.9. The number of nitrogen functional groups attached to an aromatic ring is 1. The van der Waals surface area contributed by atoms with E-state index >= 15 is 0 Å². The summed E-state index contributed by atoms with van der Waals surface area (Å²) in [5.74, 6) is 0.141. The van der Waals surface area contributed by atoms with Gasteiger partial charge in [0, 0.05) is 31.7 Å². The largest absolute Gasteiger partial charge is 0.497 e. The Bertz CT molecular complexity index is 4190. The van der Waals surface area contributed by atoms with Crippen molar-refractivity contribution in [1.29, 1.82) is 0 Å². The Morgan fingerprint density at radius 1 is 0.500 bits per heavy atom. The first-order valence-corrected chi connectivity index (χ1v) is 25.7. The Morgan fingerprint density at radius 3 is 1.52 bits per heavy atom. The zero-order valence-electron chi connectivity index (χ0n) is 44.9. The smallest absolute Gasteiger partial charge is 0.263 e. The first-order valence-electron chi connectivity index (χ1n) is 25.7. The number of ether oxygens (including phenoxy) is 2. The van der Waals surface area contributed by atoms with Gasteiger partial charge in [-0.15, -0.1) is 12.4 Å².